The Morgan fingerprint density at radius 3 is 2.47 bits per heavy atom. The van der Waals surface area contributed by atoms with Crippen LogP contribution in [-0.4, -0.2) is 18.0 Å². The van der Waals surface area contributed by atoms with E-state index >= 15 is 0 Å². The van der Waals surface area contributed by atoms with Gasteiger partial charge >= 0.3 is 0 Å². The molecule has 19 heavy (non-hydrogen) atoms. The smallest absolute Gasteiger partial charge is 0.123 e. The van der Waals surface area contributed by atoms with Crippen LogP contribution in [0.15, 0.2) is 47.1 Å². The highest BCUT2D eigenvalue weighted by atomic mass is 19.1. The average molecular weight is 262 g/mol. The van der Waals surface area contributed by atoms with Crippen molar-refractivity contribution in [3.63, 3.8) is 0 Å². The first kappa shape index (κ1) is 13.8. The SMILES string of the molecule is CC(N)C(c1ccco1)N(C)Cc1ccc(F)cc1. The summed E-state index contributed by atoms with van der Waals surface area (Å²) in [6.45, 7) is 2.64. The second-order valence-corrected chi connectivity index (χ2v) is 4.86. The first-order valence-corrected chi connectivity index (χ1v) is 6.31. The second kappa shape index (κ2) is 5.99. The van der Waals surface area contributed by atoms with E-state index in [0.29, 0.717) is 6.54 Å². The van der Waals surface area contributed by atoms with E-state index in [4.69, 9.17) is 10.2 Å². The van der Waals surface area contributed by atoms with Crippen LogP contribution in [0.2, 0.25) is 0 Å². The molecule has 2 atom stereocenters. The number of nitrogens with two attached hydrogens (primary N) is 1. The molecule has 2 unspecified atom stereocenters. The normalized spacial score (nSPS) is 14.6. The molecule has 0 spiro atoms. The highest BCUT2D eigenvalue weighted by Crippen LogP contribution is 2.24. The zero-order valence-corrected chi connectivity index (χ0v) is 11.2. The lowest BCUT2D eigenvalue weighted by Gasteiger charge is -2.29. The largest absolute Gasteiger partial charge is 0.468 e. The van der Waals surface area contributed by atoms with Gasteiger partial charge in [-0.05, 0) is 43.8 Å². The summed E-state index contributed by atoms with van der Waals surface area (Å²) in [5.41, 5.74) is 7.09. The Morgan fingerprint density at radius 1 is 1.26 bits per heavy atom. The van der Waals surface area contributed by atoms with Crippen molar-refractivity contribution in [3.05, 3.63) is 59.8 Å². The molecule has 0 aliphatic heterocycles. The number of hydrogen-bond acceptors (Lipinski definition) is 3. The topological polar surface area (TPSA) is 42.4 Å². The molecule has 1 heterocycles. The molecule has 0 aliphatic rings. The van der Waals surface area contributed by atoms with Crippen molar-refractivity contribution in [1.29, 1.82) is 0 Å². The summed E-state index contributed by atoms with van der Waals surface area (Å²) in [7, 11) is 1.99. The van der Waals surface area contributed by atoms with Crippen LogP contribution in [0.4, 0.5) is 4.39 Å². The third-order valence-electron chi connectivity index (χ3n) is 3.15. The van der Waals surface area contributed by atoms with E-state index in [0.717, 1.165) is 11.3 Å². The Hall–Kier alpha value is -1.65. The summed E-state index contributed by atoms with van der Waals surface area (Å²) in [6.07, 6.45) is 1.65. The van der Waals surface area contributed by atoms with Gasteiger partial charge in [-0.15, -0.1) is 0 Å². The first-order chi connectivity index (χ1) is 9.08. The number of nitrogens with zero attached hydrogens (tertiary/aromatic N) is 1. The van der Waals surface area contributed by atoms with Crippen molar-refractivity contribution in [2.75, 3.05) is 7.05 Å². The van der Waals surface area contributed by atoms with Gasteiger partial charge in [0.2, 0.25) is 0 Å². The molecule has 2 aromatic rings. The molecule has 2 N–H and O–H groups in total. The molecule has 1 aromatic heterocycles. The van der Waals surface area contributed by atoms with Gasteiger partial charge in [-0.25, -0.2) is 4.39 Å². The third-order valence-corrected chi connectivity index (χ3v) is 3.15. The Morgan fingerprint density at radius 2 is 1.95 bits per heavy atom. The van der Waals surface area contributed by atoms with Crippen LogP contribution in [0, 0.1) is 5.82 Å². The summed E-state index contributed by atoms with van der Waals surface area (Å²) in [4.78, 5) is 2.11. The van der Waals surface area contributed by atoms with E-state index < -0.39 is 0 Å². The molecule has 0 fully saturated rings. The van der Waals surface area contributed by atoms with Crippen LogP contribution in [0.25, 0.3) is 0 Å². The maximum atomic E-state index is 12.9. The predicted molar refractivity (Wildman–Crippen MR) is 73.0 cm³/mol. The molecule has 0 aliphatic carbocycles. The van der Waals surface area contributed by atoms with Crippen molar-refractivity contribution >= 4 is 0 Å². The van der Waals surface area contributed by atoms with Crippen molar-refractivity contribution in [2.45, 2.75) is 25.6 Å². The Kier molecular flexibility index (Phi) is 4.35. The standard InChI is InChI=1S/C15H19FN2O/c1-11(17)15(14-4-3-9-19-14)18(2)10-12-5-7-13(16)8-6-12/h3-9,11,15H,10,17H2,1-2H3. The molecular weight excluding hydrogens is 243 g/mol. The molecule has 102 valence electrons. The molecule has 2 rings (SSSR count). The third kappa shape index (κ3) is 3.43. The lowest BCUT2D eigenvalue weighted by atomic mass is 10.1. The minimum atomic E-state index is -0.221. The quantitative estimate of drug-likeness (QED) is 0.900. The number of hydrogen-bond donors (Lipinski definition) is 1. The van der Waals surface area contributed by atoms with E-state index in [-0.39, 0.29) is 17.9 Å². The van der Waals surface area contributed by atoms with Crippen LogP contribution in [0.1, 0.15) is 24.3 Å². The van der Waals surface area contributed by atoms with E-state index in [1.165, 1.54) is 12.1 Å². The number of furan rings is 1. The van der Waals surface area contributed by atoms with Gasteiger partial charge in [-0.2, -0.15) is 0 Å². The zero-order valence-electron chi connectivity index (χ0n) is 11.2. The van der Waals surface area contributed by atoms with Crippen molar-refractivity contribution < 1.29 is 8.81 Å². The van der Waals surface area contributed by atoms with Gasteiger partial charge in [-0.3, -0.25) is 4.90 Å². The molecule has 0 saturated heterocycles. The number of rotatable bonds is 5. The van der Waals surface area contributed by atoms with Gasteiger partial charge in [0.1, 0.15) is 11.6 Å². The molecule has 0 amide bonds. The fraction of sp³-hybridized carbons (Fsp3) is 0.333. The van der Waals surface area contributed by atoms with Gasteiger partial charge in [0.25, 0.3) is 0 Å². The van der Waals surface area contributed by atoms with E-state index in [1.54, 1.807) is 18.4 Å². The minimum absolute atomic E-state index is 0.0000491. The van der Waals surface area contributed by atoms with Crippen LogP contribution >= 0.6 is 0 Å². The lowest BCUT2D eigenvalue weighted by Crippen LogP contribution is -2.36. The van der Waals surface area contributed by atoms with Gasteiger partial charge in [0, 0.05) is 12.6 Å². The molecule has 0 bridgehead atoms. The summed E-state index contributed by atoms with van der Waals surface area (Å²) in [5, 5.41) is 0. The molecule has 0 saturated carbocycles. The predicted octanol–water partition coefficient (Wildman–Crippen LogP) is 2.94. The van der Waals surface area contributed by atoms with Crippen molar-refractivity contribution in [3.8, 4) is 0 Å². The molecule has 3 nitrogen and oxygen atoms in total. The monoisotopic (exact) mass is 262 g/mol. The van der Waals surface area contributed by atoms with Gasteiger partial charge in [0.05, 0.1) is 12.3 Å². The van der Waals surface area contributed by atoms with Gasteiger partial charge in [0.15, 0.2) is 0 Å². The first-order valence-electron chi connectivity index (χ1n) is 6.31. The zero-order chi connectivity index (χ0) is 13.8. The van der Waals surface area contributed by atoms with Crippen molar-refractivity contribution in [1.82, 2.24) is 4.90 Å². The van der Waals surface area contributed by atoms with E-state index in [1.807, 2.05) is 26.1 Å². The van der Waals surface area contributed by atoms with Crippen LogP contribution in [-0.2, 0) is 6.54 Å². The van der Waals surface area contributed by atoms with Crippen LogP contribution in [0.5, 0.6) is 0 Å². The Bertz CT molecular complexity index is 493. The van der Waals surface area contributed by atoms with Gasteiger partial charge in [-0.1, -0.05) is 12.1 Å². The molecule has 0 radical (unpaired) electrons. The molecule has 1 aromatic carbocycles. The summed E-state index contributed by atoms with van der Waals surface area (Å²) < 4.78 is 18.3. The van der Waals surface area contributed by atoms with Gasteiger partial charge < -0.3 is 10.2 Å². The summed E-state index contributed by atoms with van der Waals surface area (Å²) in [5.74, 6) is 0.626. The highest BCUT2D eigenvalue weighted by Gasteiger charge is 2.23. The highest BCUT2D eigenvalue weighted by molar-refractivity contribution is 5.17. The minimum Gasteiger partial charge on any atom is -0.468 e. The fourth-order valence-corrected chi connectivity index (χ4v) is 2.31. The van der Waals surface area contributed by atoms with E-state index in [9.17, 15) is 4.39 Å². The summed E-state index contributed by atoms with van der Waals surface area (Å²) in [6, 6.07) is 10.2. The van der Waals surface area contributed by atoms with Crippen molar-refractivity contribution in [2.24, 2.45) is 5.73 Å². The Balaban J connectivity index is 2.12. The number of benzene rings is 1. The molecule has 4 heteroatoms. The maximum Gasteiger partial charge on any atom is 0.123 e. The molecular formula is C15H19FN2O. The summed E-state index contributed by atoms with van der Waals surface area (Å²) >= 11 is 0. The number of halogens is 1. The average Bonchev–Trinajstić information content (AvgIpc) is 2.85. The van der Waals surface area contributed by atoms with Crippen LogP contribution < -0.4 is 5.73 Å². The van der Waals surface area contributed by atoms with Crippen LogP contribution in [0.3, 0.4) is 0 Å². The maximum absolute atomic E-state index is 12.9. The second-order valence-electron chi connectivity index (χ2n) is 4.86. The fourth-order valence-electron chi connectivity index (χ4n) is 2.31. The Labute approximate surface area is 112 Å². The lowest BCUT2D eigenvalue weighted by molar-refractivity contribution is 0.184. The number of likely N-dealkylation sites (N-methyl/N-ethyl adjacent to an activating group) is 1. The van der Waals surface area contributed by atoms with E-state index in [2.05, 4.69) is 4.90 Å².